The summed E-state index contributed by atoms with van der Waals surface area (Å²) in [4.78, 5) is 24.0. The Morgan fingerprint density at radius 2 is 1.95 bits per heavy atom. The van der Waals surface area contributed by atoms with E-state index in [0.717, 1.165) is 0 Å². The van der Waals surface area contributed by atoms with E-state index in [1.165, 1.54) is 0 Å². The Labute approximate surface area is 122 Å². The van der Waals surface area contributed by atoms with Crippen LogP contribution in [0.3, 0.4) is 0 Å². The Kier molecular flexibility index (Phi) is 5.65. The van der Waals surface area contributed by atoms with Gasteiger partial charge in [0.05, 0.1) is 6.61 Å². The lowest BCUT2D eigenvalue weighted by atomic mass is 10.5. The second-order valence-corrected chi connectivity index (χ2v) is 4.19. The molecule has 0 aromatic carbocycles. The van der Waals surface area contributed by atoms with Gasteiger partial charge in [-0.25, -0.2) is 19.7 Å². The molecule has 2 heterocycles. The molecular weight excluding hydrogens is 272 g/mol. The van der Waals surface area contributed by atoms with Crippen molar-refractivity contribution in [2.24, 2.45) is 0 Å². The van der Waals surface area contributed by atoms with Crippen molar-refractivity contribution in [1.82, 2.24) is 30.2 Å². The highest BCUT2D eigenvalue weighted by molar-refractivity contribution is 5.73. The quantitative estimate of drug-likeness (QED) is 0.715. The maximum Gasteiger partial charge on any atom is 0.314 e. The molecule has 0 fully saturated rings. The van der Waals surface area contributed by atoms with Gasteiger partial charge in [-0.2, -0.15) is 0 Å². The molecule has 0 aliphatic carbocycles. The molecule has 2 aromatic rings. The number of methoxy groups -OCH3 is 1. The Balaban J connectivity index is 1.82. The summed E-state index contributed by atoms with van der Waals surface area (Å²) in [6.45, 7) is 2.04. The van der Waals surface area contributed by atoms with Crippen LogP contribution in [0.1, 0.15) is 0 Å². The number of imidazole rings is 1. The van der Waals surface area contributed by atoms with Crippen LogP contribution in [0.5, 0.6) is 0 Å². The van der Waals surface area contributed by atoms with Crippen LogP contribution in [0.2, 0.25) is 0 Å². The van der Waals surface area contributed by atoms with Gasteiger partial charge in [-0.15, -0.1) is 0 Å². The molecule has 0 unspecified atom stereocenters. The first-order valence-corrected chi connectivity index (χ1v) is 6.60. The van der Waals surface area contributed by atoms with Crippen LogP contribution in [-0.4, -0.2) is 52.4 Å². The summed E-state index contributed by atoms with van der Waals surface area (Å²) in [6.07, 6.45) is 6.85. The predicted molar refractivity (Wildman–Crippen MR) is 76.5 cm³/mol. The Bertz CT molecular complexity index is 557. The molecule has 21 heavy (non-hydrogen) atoms. The second kappa shape index (κ2) is 7.95. The molecule has 2 N–H and O–H groups in total. The molecule has 0 saturated heterocycles. The van der Waals surface area contributed by atoms with Crippen molar-refractivity contribution in [3.8, 4) is 11.6 Å². The number of rotatable bonds is 7. The summed E-state index contributed by atoms with van der Waals surface area (Å²) < 4.78 is 6.75. The number of hydrogen-bond acceptors (Lipinski definition) is 5. The van der Waals surface area contributed by atoms with Crippen LogP contribution in [0.15, 0.2) is 30.9 Å². The van der Waals surface area contributed by atoms with Crippen LogP contribution >= 0.6 is 0 Å². The fourth-order valence-corrected chi connectivity index (χ4v) is 1.73. The summed E-state index contributed by atoms with van der Waals surface area (Å²) in [7, 11) is 1.59. The van der Waals surface area contributed by atoms with Gasteiger partial charge >= 0.3 is 6.03 Å². The van der Waals surface area contributed by atoms with Crippen LogP contribution < -0.4 is 10.6 Å². The van der Waals surface area contributed by atoms with Crippen molar-refractivity contribution in [3.05, 3.63) is 30.9 Å². The summed E-state index contributed by atoms with van der Waals surface area (Å²) in [5, 5.41) is 5.45. The fraction of sp³-hybridized carbons (Fsp3) is 0.385. The average Bonchev–Trinajstić information content (AvgIpc) is 2.97. The normalized spacial score (nSPS) is 10.3. The van der Waals surface area contributed by atoms with E-state index in [1.807, 2.05) is 10.8 Å². The van der Waals surface area contributed by atoms with E-state index in [1.54, 1.807) is 31.8 Å². The van der Waals surface area contributed by atoms with Crippen molar-refractivity contribution in [1.29, 1.82) is 0 Å². The van der Waals surface area contributed by atoms with Crippen LogP contribution in [0, 0.1) is 0 Å². The predicted octanol–water partition coefficient (Wildman–Crippen LogP) is 0.286. The number of carbonyl (C=O) groups excluding carboxylic acids is 1. The molecule has 2 rings (SSSR count). The second-order valence-electron chi connectivity index (χ2n) is 4.19. The molecule has 0 radical (unpaired) electrons. The fourth-order valence-electron chi connectivity index (χ4n) is 1.73. The average molecular weight is 290 g/mol. The van der Waals surface area contributed by atoms with Crippen LogP contribution in [0.4, 0.5) is 4.79 Å². The number of hydrogen-bond donors (Lipinski definition) is 2. The first-order chi connectivity index (χ1) is 10.3. The van der Waals surface area contributed by atoms with Gasteiger partial charge in [-0.3, -0.25) is 0 Å². The number of carbonyl (C=O) groups is 1. The minimum absolute atomic E-state index is 0.218. The van der Waals surface area contributed by atoms with E-state index in [2.05, 4.69) is 25.6 Å². The minimum Gasteiger partial charge on any atom is -0.383 e. The van der Waals surface area contributed by atoms with E-state index in [4.69, 9.17) is 4.74 Å². The third-order valence-corrected chi connectivity index (χ3v) is 2.71. The molecule has 8 heteroatoms. The molecule has 0 saturated carbocycles. The molecule has 112 valence electrons. The minimum atomic E-state index is -0.218. The zero-order valence-electron chi connectivity index (χ0n) is 11.8. The molecule has 0 aliphatic heterocycles. The zero-order chi connectivity index (χ0) is 14.9. The molecule has 0 spiro atoms. The topological polar surface area (TPSA) is 94.0 Å². The summed E-state index contributed by atoms with van der Waals surface area (Å²) >= 11 is 0. The number of amides is 2. The Morgan fingerprint density at radius 1 is 1.19 bits per heavy atom. The monoisotopic (exact) mass is 290 g/mol. The summed E-state index contributed by atoms with van der Waals surface area (Å²) in [5.41, 5.74) is 0. The Morgan fingerprint density at radius 3 is 2.71 bits per heavy atom. The lowest BCUT2D eigenvalue weighted by Gasteiger charge is -2.09. The molecule has 0 bridgehead atoms. The third kappa shape index (κ3) is 4.53. The molecule has 2 aromatic heterocycles. The van der Waals surface area contributed by atoms with Gasteiger partial charge in [0.1, 0.15) is 0 Å². The zero-order valence-corrected chi connectivity index (χ0v) is 11.8. The highest BCUT2D eigenvalue weighted by Crippen LogP contribution is 2.10. The first-order valence-electron chi connectivity index (χ1n) is 6.60. The number of urea groups is 1. The van der Waals surface area contributed by atoms with E-state index in [0.29, 0.717) is 37.9 Å². The van der Waals surface area contributed by atoms with Crippen LogP contribution in [-0.2, 0) is 11.3 Å². The molecule has 0 aliphatic rings. The lowest BCUT2D eigenvalue weighted by Crippen LogP contribution is -2.38. The molecule has 0 atom stereocenters. The number of aromatic nitrogens is 4. The highest BCUT2D eigenvalue weighted by Gasteiger charge is 2.08. The SMILES string of the molecule is COCCNC(=O)NCCn1ccnc1-c1ncccn1. The van der Waals surface area contributed by atoms with Gasteiger partial charge in [-0.05, 0) is 6.07 Å². The largest absolute Gasteiger partial charge is 0.383 e. The number of nitrogens with one attached hydrogen (secondary N) is 2. The van der Waals surface area contributed by atoms with E-state index < -0.39 is 0 Å². The van der Waals surface area contributed by atoms with Gasteiger partial charge < -0.3 is 19.9 Å². The standard InChI is InChI=1S/C13H18N6O2/c1-21-10-7-18-13(20)17-6-9-19-8-5-16-12(19)11-14-3-2-4-15-11/h2-5,8H,6-7,9-10H2,1H3,(H2,17,18,20). The molecular formula is C13H18N6O2. The van der Waals surface area contributed by atoms with Crippen LogP contribution in [0.25, 0.3) is 11.6 Å². The molecule has 2 amide bonds. The first kappa shape index (κ1) is 14.9. The maximum absolute atomic E-state index is 11.5. The van der Waals surface area contributed by atoms with Gasteiger partial charge in [0.2, 0.25) is 0 Å². The van der Waals surface area contributed by atoms with Crippen molar-refractivity contribution >= 4 is 6.03 Å². The Hall–Kier alpha value is -2.48. The van der Waals surface area contributed by atoms with Gasteiger partial charge in [0, 0.05) is 51.5 Å². The number of ether oxygens (including phenoxy) is 1. The van der Waals surface area contributed by atoms with Crippen molar-refractivity contribution < 1.29 is 9.53 Å². The van der Waals surface area contributed by atoms with E-state index in [9.17, 15) is 4.79 Å². The van der Waals surface area contributed by atoms with Crippen molar-refractivity contribution in [3.63, 3.8) is 0 Å². The van der Waals surface area contributed by atoms with Crippen molar-refractivity contribution in [2.75, 3.05) is 26.8 Å². The maximum atomic E-state index is 11.5. The third-order valence-electron chi connectivity index (χ3n) is 2.71. The van der Waals surface area contributed by atoms with E-state index >= 15 is 0 Å². The van der Waals surface area contributed by atoms with E-state index in [-0.39, 0.29) is 6.03 Å². The van der Waals surface area contributed by atoms with Gasteiger partial charge in [0.25, 0.3) is 0 Å². The highest BCUT2D eigenvalue weighted by atomic mass is 16.5. The summed E-state index contributed by atoms with van der Waals surface area (Å²) in [6, 6.07) is 1.53. The molecule has 8 nitrogen and oxygen atoms in total. The smallest absolute Gasteiger partial charge is 0.314 e. The van der Waals surface area contributed by atoms with Crippen molar-refractivity contribution in [2.45, 2.75) is 6.54 Å². The van der Waals surface area contributed by atoms with Gasteiger partial charge in [0.15, 0.2) is 11.6 Å². The number of nitrogens with zero attached hydrogens (tertiary/aromatic N) is 4. The lowest BCUT2D eigenvalue weighted by molar-refractivity contribution is 0.196. The summed E-state index contributed by atoms with van der Waals surface area (Å²) in [5.74, 6) is 1.24. The van der Waals surface area contributed by atoms with Gasteiger partial charge in [-0.1, -0.05) is 0 Å².